The van der Waals surface area contributed by atoms with Gasteiger partial charge in [-0.25, -0.2) is 4.98 Å². The summed E-state index contributed by atoms with van der Waals surface area (Å²) >= 11 is 0. The second-order valence-electron chi connectivity index (χ2n) is 6.15. The minimum absolute atomic E-state index is 0.794. The Kier molecular flexibility index (Phi) is 4.88. The summed E-state index contributed by atoms with van der Waals surface area (Å²) in [6.45, 7) is 7.93. The summed E-state index contributed by atoms with van der Waals surface area (Å²) in [6.07, 6.45) is 8.11. The standard InChI is InChI=1S/C17H26N4/c1-2-9-20(12-15-6-5-8-18-11-15)13-16-14-21-10-4-3-7-17(21)19-16/h3-4,7,10,14-15,18H,2,5-6,8-9,11-13H2,1H3. The molecule has 1 atom stereocenters. The maximum absolute atomic E-state index is 4.73. The molecule has 0 bridgehead atoms. The number of imidazole rings is 1. The summed E-state index contributed by atoms with van der Waals surface area (Å²) in [5, 5.41) is 3.52. The monoisotopic (exact) mass is 286 g/mol. The van der Waals surface area contributed by atoms with E-state index in [9.17, 15) is 0 Å². The molecule has 0 aliphatic carbocycles. The van der Waals surface area contributed by atoms with Crippen molar-refractivity contribution >= 4 is 5.65 Å². The SMILES string of the molecule is CCCN(Cc1cn2ccccc2n1)CC1CCCNC1. The normalized spacial score (nSPS) is 19.4. The number of hydrogen-bond acceptors (Lipinski definition) is 3. The van der Waals surface area contributed by atoms with Gasteiger partial charge in [-0.2, -0.15) is 0 Å². The number of pyridine rings is 1. The topological polar surface area (TPSA) is 32.6 Å². The van der Waals surface area contributed by atoms with E-state index < -0.39 is 0 Å². The first-order chi connectivity index (χ1) is 10.3. The molecule has 114 valence electrons. The number of rotatable bonds is 6. The maximum Gasteiger partial charge on any atom is 0.137 e. The van der Waals surface area contributed by atoms with Crippen molar-refractivity contribution in [1.82, 2.24) is 19.6 Å². The van der Waals surface area contributed by atoms with Crippen LogP contribution in [-0.4, -0.2) is 40.5 Å². The molecule has 1 aliphatic heterocycles. The summed E-state index contributed by atoms with van der Waals surface area (Å²) in [6, 6.07) is 6.16. The van der Waals surface area contributed by atoms with Crippen LogP contribution in [0.2, 0.25) is 0 Å². The molecule has 1 N–H and O–H groups in total. The first-order valence-electron chi connectivity index (χ1n) is 8.21. The lowest BCUT2D eigenvalue weighted by Crippen LogP contribution is -2.38. The minimum Gasteiger partial charge on any atom is -0.316 e. The fourth-order valence-corrected chi connectivity index (χ4v) is 3.29. The van der Waals surface area contributed by atoms with Gasteiger partial charge in [0.1, 0.15) is 5.65 Å². The van der Waals surface area contributed by atoms with Gasteiger partial charge in [-0.15, -0.1) is 0 Å². The van der Waals surface area contributed by atoms with E-state index in [-0.39, 0.29) is 0 Å². The Morgan fingerprint density at radius 1 is 1.43 bits per heavy atom. The van der Waals surface area contributed by atoms with Crippen molar-refractivity contribution < 1.29 is 0 Å². The molecule has 1 fully saturated rings. The summed E-state index contributed by atoms with van der Waals surface area (Å²) in [4.78, 5) is 7.30. The highest BCUT2D eigenvalue weighted by Gasteiger charge is 2.17. The molecule has 0 saturated carbocycles. The Morgan fingerprint density at radius 2 is 2.38 bits per heavy atom. The molecule has 4 heteroatoms. The van der Waals surface area contributed by atoms with Gasteiger partial charge >= 0.3 is 0 Å². The number of nitrogens with one attached hydrogen (secondary N) is 1. The Bertz CT molecular complexity index is 524. The first kappa shape index (κ1) is 14.5. The third-order valence-corrected chi connectivity index (χ3v) is 4.25. The number of nitrogens with zero attached hydrogens (tertiary/aromatic N) is 3. The van der Waals surface area contributed by atoms with Crippen molar-refractivity contribution in [2.45, 2.75) is 32.7 Å². The molecule has 1 aliphatic rings. The van der Waals surface area contributed by atoms with Gasteiger partial charge < -0.3 is 9.72 Å². The Labute approximate surface area is 127 Å². The lowest BCUT2D eigenvalue weighted by molar-refractivity contribution is 0.200. The summed E-state index contributed by atoms with van der Waals surface area (Å²) in [5.74, 6) is 0.794. The highest BCUT2D eigenvalue weighted by molar-refractivity contribution is 5.39. The zero-order valence-electron chi connectivity index (χ0n) is 13.0. The Hall–Kier alpha value is -1.39. The van der Waals surface area contributed by atoms with Crippen molar-refractivity contribution in [1.29, 1.82) is 0 Å². The maximum atomic E-state index is 4.73. The van der Waals surface area contributed by atoms with E-state index in [1.54, 1.807) is 0 Å². The largest absolute Gasteiger partial charge is 0.316 e. The van der Waals surface area contributed by atoms with Gasteiger partial charge in [0.2, 0.25) is 0 Å². The van der Waals surface area contributed by atoms with E-state index in [1.807, 2.05) is 6.07 Å². The molecule has 2 aromatic heterocycles. The van der Waals surface area contributed by atoms with Gasteiger partial charge in [0, 0.05) is 25.5 Å². The zero-order chi connectivity index (χ0) is 14.5. The average molecular weight is 286 g/mol. The summed E-state index contributed by atoms with van der Waals surface area (Å²) in [7, 11) is 0. The Morgan fingerprint density at radius 3 is 3.14 bits per heavy atom. The van der Waals surface area contributed by atoms with E-state index in [1.165, 1.54) is 44.6 Å². The average Bonchev–Trinajstić information content (AvgIpc) is 2.90. The highest BCUT2D eigenvalue weighted by Crippen LogP contribution is 2.14. The number of hydrogen-bond donors (Lipinski definition) is 1. The van der Waals surface area contributed by atoms with Crippen LogP contribution in [-0.2, 0) is 6.54 Å². The molecule has 1 saturated heterocycles. The van der Waals surface area contributed by atoms with Crippen LogP contribution in [0.4, 0.5) is 0 Å². The summed E-state index contributed by atoms with van der Waals surface area (Å²) < 4.78 is 2.11. The lowest BCUT2D eigenvalue weighted by atomic mass is 9.99. The van der Waals surface area contributed by atoms with E-state index in [2.05, 4.69) is 46.1 Å². The van der Waals surface area contributed by atoms with Crippen LogP contribution in [0.1, 0.15) is 31.9 Å². The van der Waals surface area contributed by atoms with Crippen molar-refractivity contribution in [2.24, 2.45) is 5.92 Å². The fraction of sp³-hybridized carbons (Fsp3) is 0.588. The van der Waals surface area contributed by atoms with Crippen molar-refractivity contribution in [3.05, 3.63) is 36.3 Å². The van der Waals surface area contributed by atoms with Gasteiger partial charge in [-0.1, -0.05) is 13.0 Å². The molecule has 0 aromatic carbocycles. The van der Waals surface area contributed by atoms with Crippen LogP contribution in [0.15, 0.2) is 30.6 Å². The molecule has 0 spiro atoms. The predicted octanol–water partition coefficient (Wildman–Crippen LogP) is 2.55. The van der Waals surface area contributed by atoms with Crippen molar-refractivity contribution in [2.75, 3.05) is 26.2 Å². The predicted molar refractivity (Wildman–Crippen MR) is 86.4 cm³/mol. The van der Waals surface area contributed by atoms with Crippen LogP contribution in [0, 0.1) is 5.92 Å². The lowest BCUT2D eigenvalue weighted by Gasteiger charge is -2.29. The van der Waals surface area contributed by atoms with Crippen LogP contribution in [0.3, 0.4) is 0 Å². The molecule has 1 unspecified atom stereocenters. The Balaban J connectivity index is 1.65. The minimum atomic E-state index is 0.794. The van der Waals surface area contributed by atoms with Crippen LogP contribution in [0.5, 0.6) is 0 Å². The number of aromatic nitrogens is 2. The van der Waals surface area contributed by atoms with Crippen molar-refractivity contribution in [3.8, 4) is 0 Å². The third kappa shape index (κ3) is 3.83. The van der Waals surface area contributed by atoms with Crippen molar-refractivity contribution in [3.63, 3.8) is 0 Å². The van der Waals surface area contributed by atoms with Gasteiger partial charge in [0.15, 0.2) is 0 Å². The molecule has 21 heavy (non-hydrogen) atoms. The molecule has 3 rings (SSSR count). The summed E-state index contributed by atoms with van der Waals surface area (Å²) in [5.41, 5.74) is 2.22. The van der Waals surface area contributed by atoms with Crippen LogP contribution < -0.4 is 5.32 Å². The van der Waals surface area contributed by atoms with E-state index in [0.717, 1.165) is 24.7 Å². The van der Waals surface area contributed by atoms with Crippen LogP contribution >= 0.6 is 0 Å². The van der Waals surface area contributed by atoms with Gasteiger partial charge in [0.25, 0.3) is 0 Å². The van der Waals surface area contributed by atoms with E-state index in [0.29, 0.717) is 0 Å². The highest BCUT2D eigenvalue weighted by atomic mass is 15.1. The molecule has 2 aromatic rings. The molecule has 0 radical (unpaired) electrons. The van der Waals surface area contributed by atoms with Gasteiger partial charge in [-0.05, 0) is 56.9 Å². The number of piperidine rings is 1. The quantitative estimate of drug-likeness (QED) is 0.886. The molecule has 0 amide bonds. The third-order valence-electron chi connectivity index (χ3n) is 4.25. The zero-order valence-corrected chi connectivity index (χ0v) is 13.0. The molecule has 3 heterocycles. The second-order valence-corrected chi connectivity index (χ2v) is 6.15. The van der Waals surface area contributed by atoms with Gasteiger partial charge in [-0.3, -0.25) is 4.90 Å². The molecule has 4 nitrogen and oxygen atoms in total. The second kappa shape index (κ2) is 7.05. The smallest absolute Gasteiger partial charge is 0.137 e. The van der Waals surface area contributed by atoms with E-state index in [4.69, 9.17) is 4.98 Å². The van der Waals surface area contributed by atoms with E-state index >= 15 is 0 Å². The van der Waals surface area contributed by atoms with Crippen LogP contribution in [0.25, 0.3) is 5.65 Å². The number of fused-ring (bicyclic) bond motifs is 1. The first-order valence-corrected chi connectivity index (χ1v) is 8.21. The molecular formula is C17H26N4. The van der Waals surface area contributed by atoms with Gasteiger partial charge in [0.05, 0.1) is 5.69 Å². The fourth-order valence-electron chi connectivity index (χ4n) is 3.29. The molecular weight excluding hydrogens is 260 g/mol.